The molecule has 0 aliphatic rings. The lowest BCUT2D eigenvalue weighted by molar-refractivity contribution is -0.128. The van der Waals surface area contributed by atoms with Crippen molar-refractivity contribution in [2.45, 2.75) is 6.92 Å². The van der Waals surface area contributed by atoms with Crippen LogP contribution in [0.25, 0.3) is 0 Å². The minimum atomic E-state index is -0.496. The average Bonchev–Trinajstić information content (AvgIpc) is 2.38. The summed E-state index contributed by atoms with van der Waals surface area (Å²) in [7, 11) is 0. The molecule has 0 aliphatic heterocycles. The van der Waals surface area contributed by atoms with Crippen LogP contribution in [0.1, 0.15) is 6.92 Å². The lowest BCUT2D eigenvalue weighted by Crippen LogP contribution is -2.43. The molecule has 0 fully saturated rings. The number of hydrazine groups is 1. The number of ether oxygens (including phenoxy) is 1. The number of nitrogens with one attached hydrogen (secondary N) is 2. The molecule has 0 unspecified atom stereocenters. The van der Waals surface area contributed by atoms with Gasteiger partial charge < -0.3 is 4.74 Å². The number of benzene rings is 1. The third-order valence-electron chi connectivity index (χ3n) is 1.90. The summed E-state index contributed by atoms with van der Waals surface area (Å²) in [4.78, 5) is 22.4. The number of allylic oxidation sites excluding steroid dienone is 1. The molecular formula is C12H12Cl2N2O3. The quantitative estimate of drug-likeness (QED) is 0.661. The first-order valence-corrected chi connectivity index (χ1v) is 6.08. The van der Waals surface area contributed by atoms with E-state index in [2.05, 4.69) is 10.9 Å². The Balaban J connectivity index is 2.37. The molecule has 1 rings (SSSR count). The number of hydrogen-bond acceptors (Lipinski definition) is 3. The average molecular weight is 303 g/mol. The van der Waals surface area contributed by atoms with E-state index in [4.69, 9.17) is 27.9 Å². The van der Waals surface area contributed by atoms with Crippen LogP contribution >= 0.6 is 23.2 Å². The summed E-state index contributed by atoms with van der Waals surface area (Å²) in [6.07, 6.45) is 2.83. The Labute approximate surface area is 120 Å². The van der Waals surface area contributed by atoms with Gasteiger partial charge in [-0.05, 0) is 19.1 Å². The van der Waals surface area contributed by atoms with Gasteiger partial charge in [0, 0.05) is 12.1 Å². The molecule has 19 heavy (non-hydrogen) atoms. The smallest absolute Gasteiger partial charge is 0.276 e. The first-order chi connectivity index (χ1) is 9.02. The largest absolute Gasteiger partial charge is 0.484 e. The van der Waals surface area contributed by atoms with E-state index in [1.54, 1.807) is 25.1 Å². The van der Waals surface area contributed by atoms with E-state index in [-0.39, 0.29) is 6.61 Å². The predicted octanol–water partition coefficient (Wildman–Crippen LogP) is 2.10. The van der Waals surface area contributed by atoms with Gasteiger partial charge in [0.15, 0.2) is 6.61 Å². The Morgan fingerprint density at radius 3 is 2.63 bits per heavy atom. The van der Waals surface area contributed by atoms with Crippen molar-refractivity contribution >= 4 is 35.0 Å². The fraction of sp³-hybridized carbons (Fsp3) is 0.167. The molecule has 2 amide bonds. The van der Waals surface area contributed by atoms with Crippen molar-refractivity contribution in [3.05, 3.63) is 40.4 Å². The van der Waals surface area contributed by atoms with Gasteiger partial charge in [0.05, 0.1) is 10.0 Å². The van der Waals surface area contributed by atoms with Gasteiger partial charge >= 0.3 is 0 Å². The standard InChI is InChI=1S/C12H12Cl2N2O3/c1-2-3-11(17)15-16-12(18)7-19-8-4-5-9(13)10(14)6-8/h2-6H,7H2,1H3,(H,15,17)(H,16,18)/b3-2+. The van der Waals surface area contributed by atoms with Gasteiger partial charge in [-0.15, -0.1) is 0 Å². The number of rotatable bonds is 4. The summed E-state index contributed by atoms with van der Waals surface area (Å²) in [5.74, 6) is -0.515. The zero-order chi connectivity index (χ0) is 14.3. The van der Waals surface area contributed by atoms with E-state index in [0.717, 1.165) is 0 Å². The highest BCUT2D eigenvalue weighted by Gasteiger charge is 2.05. The van der Waals surface area contributed by atoms with Gasteiger partial charge in [-0.1, -0.05) is 29.3 Å². The Morgan fingerprint density at radius 1 is 1.26 bits per heavy atom. The minimum Gasteiger partial charge on any atom is -0.484 e. The van der Waals surface area contributed by atoms with Crippen LogP contribution in [0.5, 0.6) is 5.75 Å². The summed E-state index contributed by atoms with van der Waals surface area (Å²) in [6.45, 7) is 1.43. The summed E-state index contributed by atoms with van der Waals surface area (Å²) in [6, 6.07) is 4.64. The number of amides is 2. The summed E-state index contributed by atoms with van der Waals surface area (Å²) in [5, 5.41) is 0.734. The molecule has 0 saturated heterocycles. The molecule has 0 aromatic heterocycles. The van der Waals surface area contributed by atoms with Gasteiger partial charge in [-0.3, -0.25) is 20.4 Å². The van der Waals surface area contributed by atoms with Gasteiger partial charge in [-0.25, -0.2) is 0 Å². The predicted molar refractivity (Wildman–Crippen MR) is 73.1 cm³/mol. The number of halogens is 2. The monoisotopic (exact) mass is 302 g/mol. The van der Waals surface area contributed by atoms with Crippen molar-refractivity contribution in [3.8, 4) is 5.75 Å². The highest BCUT2D eigenvalue weighted by Crippen LogP contribution is 2.26. The van der Waals surface area contributed by atoms with Crippen LogP contribution in [0, 0.1) is 0 Å². The Kier molecular flexibility index (Phi) is 6.18. The molecule has 1 aromatic rings. The van der Waals surface area contributed by atoms with Gasteiger partial charge in [0.25, 0.3) is 11.8 Å². The second-order valence-corrected chi connectivity index (χ2v) is 4.22. The van der Waals surface area contributed by atoms with Crippen LogP contribution in [-0.4, -0.2) is 18.4 Å². The zero-order valence-corrected chi connectivity index (χ0v) is 11.6. The van der Waals surface area contributed by atoms with E-state index in [1.807, 2.05) is 0 Å². The Bertz CT molecular complexity index is 504. The van der Waals surface area contributed by atoms with E-state index in [9.17, 15) is 9.59 Å². The summed E-state index contributed by atoms with van der Waals surface area (Å²) < 4.78 is 5.17. The highest BCUT2D eigenvalue weighted by molar-refractivity contribution is 6.42. The maximum atomic E-state index is 11.3. The van der Waals surface area contributed by atoms with Crippen molar-refractivity contribution in [2.75, 3.05) is 6.61 Å². The number of hydrogen-bond donors (Lipinski definition) is 2. The van der Waals surface area contributed by atoms with E-state index in [0.29, 0.717) is 15.8 Å². The molecular weight excluding hydrogens is 291 g/mol. The van der Waals surface area contributed by atoms with Crippen LogP contribution < -0.4 is 15.6 Å². The van der Waals surface area contributed by atoms with Gasteiger partial charge in [-0.2, -0.15) is 0 Å². The number of carbonyl (C=O) groups is 2. The molecule has 0 saturated carbocycles. The first-order valence-electron chi connectivity index (χ1n) is 5.32. The lowest BCUT2D eigenvalue weighted by Gasteiger charge is -2.08. The molecule has 0 bridgehead atoms. The molecule has 102 valence electrons. The number of carbonyl (C=O) groups excluding carboxylic acids is 2. The first kappa shape index (κ1) is 15.3. The maximum Gasteiger partial charge on any atom is 0.276 e. The third kappa shape index (κ3) is 5.63. The summed E-state index contributed by atoms with van der Waals surface area (Å²) >= 11 is 11.5. The van der Waals surface area contributed by atoms with Crippen molar-refractivity contribution in [3.63, 3.8) is 0 Å². The molecule has 1 aromatic carbocycles. The van der Waals surface area contributed by atoms with Crippen LogP contribution in [-0.2, 0) is 9.59 Å². The second kappa shape index (κ2) is 7.66. The molecule has 0 atom stereocenters. The SMILES string of the molecule is C/C=C/C(=O)NNC(=O)COc1ccc(Cl)c(Cl)c1. The molecule has 2 N–H and O–H groups in total. The van der Waals surface area contributed by atoms with Crippen LogP contribution in [0.15, 0.2) is 30.4 Å². The zero-order valence-electron chi connectivity index (χ0n) is 10.1. The normalized spacial score (nSPS) is 10.3. The van der Waals surface area contributed by atoms with Crippen LogP contribution in [0.4, 0.5) is 0 Å². The minimum absolute atomic E-state index is 0.256. The highest BCUT2D eigenvalue weighted by atomic mass is 35.5. The third-order valence-corrected chi connectivity index (χ3v) is 2.64. The van der Waals surface area contributed by atoms with Crippen molar-refractivity contribution in [1.82, 2.24) is 10.9 Å². The Morgan fingerprint density at radius 2 is 2.00 bits per heavy atom. The molecule has 0 spiro atoms. The molecule has 7 heteroatoms. The maximum absolute atomic E-state index is 11.3. The molecule has 0 heterocycles. The van der Waals surface area contributed by atoms with Gasteiger partial charge in [0.2, 0.25) is 0 Å². The molecule has 0 radical (unpaired) electrons. The van der Waals surface area contributed by atoms with Crippen molar-refractivity contribution in [2.24, 2.45) is 0 Å². The van der Waals surface area contributed by atoms with Crippen LogP contribution in [0.2, 0.25) is 10.0 Å². The fourth-order valence-electron chi connectivity index (χ4n) is 1.08. The molecule has 0 aliphatic carbocycles. The van der Waals surface area contributed by atoms with E-state index < -0.39 is 11.8 Å². The summed E-state index contributed by atoms with van der Waals surface area (Å²) in [5.41, 5.74) is 4.38. The van der Waals surface area contributed by atoms with E-state index >= 15 is 0 Å². The lowest BCUT2D eigenvalue weighted by atomic mass is 10.3. The Hall–Kier alpha value is -1.72. The van der Waals surface area contributed by atoms with Gasteiger partial charge in [0.1, 0.15) is 5.75 Å². The van der Waals surface area contributed by atoms with Crippen molar-refractivity contribution in [1.29, 1.82) is 0 Å². The fourth-order valence-corrected chi connectivity index (χ4v) is 1.36. The molecule has 5 nitrogen and oxygen atoms in total. The second-order valence-electron chi connectivity index (χ2n) is 3.40. The van der Waals surface area contributed by atoms with E-state index in [1.165, 1.54) is 12.1 Å². The van der Waals surface area contributed by atoms with Crippen LogP contribution in [0.3, 0.4) is 0 Å². The van der Waals surface area contributed by atoms with Crippen molar-refractivity contribution < 1.29 is 14.3 Å². The topological polar surface area (TPSA) is 67.4 Å².